The summed E-state index contributed by atoms with van der Waals surface area (Å²) in [6, 6.07) is 17.3. The van der Waals surface area contributed by atoms with E-state index in [0.717, 1.165) is 25.1 Å². The van der Waals surface area contributed by atoms with Crippen LogP contribution in [0, 0.1) is 0 Å². The van der Waals surface area contributed by atoms with Gasteiger partial charge in [0.2, 0.25) is 11.8 Å². The third kappa shape index (κ3) is 7.39. The fourth-order valence-corrected chi connectivity index (χ4v) is 5.94. The van der Waals surface area contributed by atoms with Crippen molar-refractivity contribution in [1.82, 2.24) is 25.4 Å². The molecule has 1 aromatic heterocycles. The van der Waals surface area contributed by atoms with Crippen molar-refractivity contribution in [2.45, 2.75) is 51.0 Å². The SMILES string of the molecule is O=C1CCCNC(=O)c2cncc(c2)Oc2cccc(c2)CO[C@H]2CCN(C(=O)CN3CCc4ccccc4C3)C[C@@H]2N1. The molecule has 10 nitrogen and oxygen atoms in total. The van der Waals surface area contributed by atoms with Crippen LogP contribution >= 0.6 is 0 Å². The Kier molecular flexibility index (Phi) is 8.95. The number of rotatable bonds is 2. The number of amides is 3. The van der Waals surface area contributed by atoms with E-state index in [0.29, 0.717) is 62.7 Å². The van der Waals surface area contributed by atoms with Gasteiger partial charge in [0.05, 0.1) is 37.1 Å². The van der Waals surface area contributed by atoms with E-state index in [1.807, 2.05) is 35.2 Å². The Hall–Kier alpha value is -4.28. The zero-order valence-corrected chi connectivity index (χ0v) is 24.2. The summed E-state index contributed by atoms with van der Waals surface area (Å²) in [5, 5.41) is 5.98. The monoisotopic (exact) mass is 583 g/mol. The van der Waals surface area contributed by atoms with Gasteiger partial charge in [-0.25, -0.2) is 0 Å². The lowest BCUT2D eigenvalue weighted by Crippen LogP contribution is -2.58. The number of hydrogen-bond donors (Lipinski definition) is 2. The average molecular weight is 584 g/mol. The smallest absolute Gasteiger partial charge is 0.252 e. The summed E-state index contributed by atoms with van der Waals surface area (Å²) in [6.45, 7) is 3.60. The van der Waals surface area contributed by atoms with E-state index >= 15 is 0 Å². The van der Waals surface area contributed by atoms with Gasteiger partial charge >= 0.3 is 0 Å². The van der Waals surface area contributed by atoms with Crippen molar-refractivity contribution in [1.29, 1.82) is 0 Å². The molecule has 0 aliphatic carbocycles. The van der Waals surface area contributed by atoms with Crippen LogP contribution in [0.2, 0.25) is 0 Å². The standard InChI is InChI=1S/C33H37N5O5/c39-31-9-4-12-35-33(41)26-16-28(18-34-17-26)43-27-8-3-5-23(15-27)22-42-30-11-14-38(20-29(30)36-31)32(40)21-37-13-10-24-6-1-2-7-25(24)19-37/h1-3,5-8,15-18,29-30H,4,9-14,19-22H2,(H,35,41)(H,36,39)/t29-,30-/m0/s1. The van der Waals surface area contributed by atoms with E-state index < -0.39 is 0 Å². The molecule has 4 bridgehead atoms. The van der Waals surface area contributed by atoms with Gasteiger partial charge in [0.15, 0.2) is 0 Å². The molecule has 2 N–H and O–H groups in total. The molecule has 2 atom stereocenters. The van der Waals surface area contributed by atoms with Crippen molar-refractivity contribution in [3.8, 4) is 11.5 Å². The van der Waals surface area contributed by atoms with Crippen molar-refractivity contribution >= 4 is 17.7 Å². The van der Waals surface area contributed by atoms with Crippen molar-refractivity contribution in [2.24, 2.45) is 0 Å². The molecule has 3 aromatic rings. The maximum atomic E-state index is 13.4. The maximum absolute atomic E-state index is 13.4. The Morgan fingerprint density at radius 1 is 0.977 bits per heavy atom. The summed E-state index contributed by atoms with van der Waals surface area (Å²) < 4.78 is 12.4. The molecule has 0 spiro atoms. The quantitative estimate of drug-likeness (QED) is 0.477. The summed E-state index contributed by atoms with van der Waals surface area (Å²) in [5.74, 6) is 0.719. The van der Waals surface area contributed by atoms with Crippen LogP contribution in [0.5, 0.6) is 11.5 Å². The van der Waals surface area contributed by atoms with Gasteiger partial charge in [0.25, 0.3) is 5.91 Å². The van der Waals surface area contributed by atoms with E-state index in [4.69, 9.17) is 9.47 Å². The number of ether oxygens (including phenoxy) is 2. The maximum Gasteiger partial charge on any atom is 0.252 e. The number of nitrogens with zero attached hydrogens (tertiary/aromatic N) is 3. The summed E-state index contributed by atoms with van der Waals surface area (Å²) in [5.41, 5.74) is 3.92. The highest BCUT2D eigenvalue weighted by atomic mass is 16.5. The number of likely N-dealkylation sites (tertiary alicyclic amines) is 1. The fourth-order valence-electron chi connectivity index (χ4n) is 5.94. The van der Waals surface area contributed by atoms with Crippen LogP contribution in [-0.4, -0.2) is 77.4 Å². The number of nitrogens with one attached hydrogen (secondary N) is 2. The van der Waals surface area contributed by atoms with Crippen molar-refractivity contribution in [3.63, 3.8) is 0 Å². The highest BCUT2D eigenvalue weighted by molar-refractivity contribution is 5.94. The first-order valence-electron chi connectivity index (χ1n) is 15.0. The lowest BCUT2D eigenvalue weighted by Gasteiger charge is -2.40. The molecule has 0 saturated carbocycles. The molecule has 4 heterocycles. The van der Waals surface area contributed by atoms with Crippen LogP contribution in [0.3, 0.4) is 0 Å². The topological polar surface area (TPSA) is 113 Å². The number of carbonyl (C=O) groups is 3. The van der Waals surface area contributed by atoms with Gasteiger partial charge in [-0.2, -0.15) is 0 Å². The highest BCUT2D eigenvalue weighted by Gasteiger charge is 2.34. The summed E-state index contributed by atoms with van der Waals surface area (Å²) in [4.78, 5) is 47.3. The molecular formula is C33H37N5O5. The molecular weight excluding hydrogens is 546 g/mol. The van der Waals surface area contributed by atoms with Crippen molar-refractivity contribution in [2.75, 3.05) is 32.7 Å². The molecule has 0 radical (unpaired) electrons. The molecule has 3 aliphatic rings. The average Bonchev–Trinajstić information content (AvgIpc) is 3.02. The molecule has 2 aromatic carbocycles. The number of piperidine rings is 1. The first kappa shape index (κ1) is 28.8. The number of carbonyl (C=O) groups excluding carboxylic acids is 3. The van der Waals surface area contributed by atoms with E-state index in [1.54, 1.807) is 12.3 Å². The summed E-state index contributed by atoms with van der Waals surface area (Å²) >= 11 is 0. The molecule has 1 saturated heterocycles. The number of pyridine rings is 1. The molecule has 10 heteroatoms. The van der Waals surface area contributed by atoms with Gasteiger partial charge in [0, 0.05) is 45.3 Å². The third-order valence-electron chi connectivity index (χ3n) is 8.26. The molecule has 1 fully saturated rings. The molecule has 224 valence electrons. The van der Waals surface area contributed by atoms with Gasteiger partial charge in [-0.1, -0.05) is 36.4 Å². The molecule has 3 amide bonds. The van der Waals surface area contributed by atoms with E-state index in [9.17, 15) is 14.4 Å². The fraction of sp³-hybridized carbons (Fsp3) is 0.394. The molecule has 6 rings (SSSR count). The van der Waals surface area contributed by atoms with Gasteiger partial charge in [-0.3, -0.25) is 24.3 Å². The molecule has 3 aliphatic heterocycles. The summed E-state index contributed by atoms with van der Waals surface area (Å²) in [7, 11) is 0. The Balaban J connectivity index is 1.13. The molecule has 0 unspecified atom stereocenters. The number of fused-ring (bicyclic) bond motifs is 6. The minimum absolute atomic E-state index is 0.0665. The normalized spacial score (nSPS) is 21.6. The second kappa shape index (κ2) is 13.4. The lowest BCUT2D eigenvalue weighted by atomic mass is 9.99. The predicted molar refractivity (Wildman–Crippen MR) is 159 cm³/mol. The van der Waals surface area contributed by atoms with Crippen molar-refractivity contribution in [3.05, 3.63) is 89.2 Å². The number of hydrogen-bond acceptors (Lipinski definition) is 7. The van der Waals surface area contributed by atoms with Crippen LogP contribution in [-0.2, 0) is 33.9 Å². The van der Waals surface area contributed by atoms with Crippen LogP contribution in [0.4, 0.5) is 0 Å². The largest absolute Gasteiger partial charge is 0.456 e. The predicted octanol–water partition coefficient (Wildman–Crippen LogP) is 3.06. The first-order chi connectivity index (χ1) is 21.0. The highest BCUT2D eigenvalue weighted by Crippen LogP contribution is 2.25. The number of aromatic nitrogens is 1. The Labute approximate surface area is 251 Å². The van der Waals surface area contributed by atoms with Gasteiger partial charge in [0.1, 0.15) is 11.5 Å². The summed E-state index contributed by atoms with van der Waals surface area (Å²) in [6.07, 6.45) is 5.07. The first-order valence-corrected chi connectivity index (χ1v) is 15.0. The minimum atomic E-state index is -0.342. The Morgan fingerprint density at radius 2 is 1.86 bits per heavy atom. The Bertz CT molecular complexity index is 1480. The molecule has 43 heavy (non-hydrogen) atoms. The van der Waals surface area contributed by atoms with Crippen LogP contribution in [0.1, 0.15) is 46.3 Å². The van der Waals surface area contributed by atoms with Crippen LogP contribution in [0.15, 0.2) is 67.0 Å². The second-order valence-corrected chi connectivity index (χ2v) is 11.4. The van der Waals surface area contributed by atoms with E-state index in [2.05, 4.69) is 38.7 Å². The van der Waals surface area contributed by atoms with Crippen LogP contribution < -0.4 is 15.4 Å². The van der Waals surface area contributed by atoms with Crippen LogP contribution in [0.25, 0.3) is 0 Å². The van der Waals surface area contributed by atoms with E-state index in [1.165, 1.54) is 17.3 Å². The Morgan fingerprint density at radius 3 is 2.77 bits per heavy atom. The minimum Gasteiger partial charge on any atom is -0.456 e. The van der Waals surface area contributed by atoms with Gasteiger partial charge in [-0.15, -0.1) is 0 Å². The van der Waals surface area contributed by atoms with Gasteiger partial charge in [-0.05, 0) is 54.2 Å². The third-order valence-corrected chi connectivity index (χ3v) is 8.26. The van der Waals surface area contributed by atoms with Gasteiger partial charge < -0.3 is 25.0 Å². The zero-order chi connectivity index (χ0) is 29.6. The van der Waals surface area contributed by atoms with E-state index in [-0.39, 0.29) is 36.3 Å². The number of benzene rings is 2. The van der Waals surface area contributed by atoms with Crippen molar-refractivity contribution < 1.29 is 23.9 Å². The lowest BCUT2D eigenvalue weighted by molar-refractivity contribution is -0.138. The second-order valence-electron chi connectivity index (χ2n) is 11.4. The zero-order valence-electron chi connectivity index (χ0n) is 24.2.